The fourth-order valence-corrected chi connectivity index (χ4v) is 3.82. The second-order valence-electron chi connectivity index (χ2n) is 5.72. The summed E-state index contributed by atoms with van der Waals surface area (Å²) in [5.41, 5.74) is 0. The van der Waals surface area contributed by atoms with E-state index >= 15 is 0 Å². The van der Waals surface area contributed by atoms with Gasteiger partial charge in [0, 0.05) is 13.1 Å². The fraction of sp³-hybridized carbons (Fsp3) is 0.714. The predicted molar refractivity (Wildman–Crippen MR) is 65.8 cm³/mol. The topological polar surface area (TPSA) is 57.6 Å². The average molecular weight is 249 g/mol. The lowest BCUT2D eigenvalue weighted by atomic mass is 9.82. The summed E-state index contributed by atoms with van der Waals surface area (Å²) in [6.07, 6.45) is 8.18. The number of hydrogen-bond donors (Lipinski definition) is 1. The Labute approximate surface area is 107 Å². The van der Waals surface area contributed by atoms with E-state index < -0.39 is 11.9 Å². The first-order valence-electron chi connectivity index (χ1n) is 6.88. The molecule has 2 bridgehead atoms. The summed E-state index contributed by atoms with van der Waals surface area (Å²) in [6.45, 7) is 1.62. The van der Waals surface area contributed by atoms with E-state index in [4.69, 9.17) is 0 Å². The molecule has 2 fully saturated rings. The van der Waals surface area contributed by atoms with Crippen molar-refractivity contribution >= 4 is 11.9 Å². The van der Waals surface area contributed by atoms with E-state index in [9.17, 15) is 14.7 Å². The smallest absolute Gasteiger partial charge is 0.307 e. The number of hydrogen-bond acceptors (Lipinski definition) is 2. The Morgan fingerprint density at radius 3 is 2.22 bits per heavy atom. The zero-order valence-corrected chi connectivity index (χ0v) is 10.4. The van der Waals surface area contributed by atoms with Crippen LogP contribution in [0.15, 0.2) is 12.2 Å². The van der Waals surface area contributed by atoms with Crippen LogP contribution in [0, 0.1) is 23.7 Å². The molecule has 98 valence electrons. The molecule has 0 spiro atoms. The summed E-state index contributed by atoms with van der Waals surface area (Å²) in [4.78, 5) is 25.8. The lowest BCUT2D eigenvalue weighted by Crippen LogP contribution is -2.44. The molecule has 4 heteroatoms. The summed E-state index contributed by atoms with van der Waals surface area (Å²) in [5, 5.41) is 9.35. The van der Waals surface area contributed by atoms with E-state index in [-0.39, 0.29) is 23.7 Å². The van der Waals surface area contributed by atoms with Gasteiger partial charge in [-0.3, -0.25) is 9.59 Å². The third-order valence-corrected chi connectivity index (χ3v) is 4.70. The maximum Gasteiger partial charge on any atom is 0.307 e. The zero-order chi connectivity index (χ0) is 12.7. The van der Waals surface area contributed by atoms with Gasteiger partial charge in [0.2, 0.25) is 5.91 Å². The third kappa shape index (κ3) is 1.74. The van der Waals surface area contributed by atoms with Crippen LogP contribution in [0.4, 0.5) is 0 Å². The maximum atomic E-state index is 12.5. The van der Waals surface area contributed by atoms with Crippen molar-refractivity contribution in [1.82, 2.24) is 4.90 Å². The summed E-state index contributed by atoms with van der Waals surface area (Å²) >= 11 is 0. The van der Waals surface area contributed by atoms with Crippen LogP contribution in [0.2, 0.25) is 0 Å². The minimum atomic E-state index is -0.804. The third-order valence-electron chi connectivity index (χ3n) is 4.70. The molecule has 1 amide bonds. The van der Waals surface area contributed by atoms with Gasteiger partial charge in [-0.15, -0.1) is 0 Å². The number of rotatable bonds is 2. The number of nitrogens with zero attached hydrogens (tertiary/aromatic N) is 1. The van der Waals surface area contributed by atoms with Crippen molar-refractivity contribution in [3.63, 3.8) is 0 Å². The van der Waals surface area contributed by atoms with Gasteiger partial charge in [-0.2, -0.15) is 0 Å². The van der Waals surface area contributed by atoms with Gasteiger partial charge < -0.3 is 10.0 Å². The Balaban J connectivity index is 1.79. The van der Waals surface area contributed by atoms with Crippen molar-refractivity contribution in [1.29, 1.82) is 0 Å². The Bertz CT molecular complexity index is 398. The van der Waals surface area contributed by atoms with E-state index in [0.717, 1.165) is 32.4 Å². The van der Waals surface area contributed by atoms with Gasteiger partial charge in [-0.05, 0) is 37.5 Å². The largest absolute Gasteiger partial charge is 0.481 e. The van der Waals surface area contributed by atoms with Crippen LogP contribution in [0.5, 0.6) is 0 Å². The second kappa shape index (κ2) is 4.41. The highest BCUT2D eigenvalue weighted by atomic mass is 16.4. The van der Waals surface area contributed by atoms with E-state index in [2.05, 4.69) is 6.08 Å². The second-order valence-corrected chi connectivity index (χ2v) is 5.72. The number of carboxylic acid groups (broad SMARTS) is 1. The van der Waals surface area contributed by atoms with E-state index in [0.29, 0.717) is 0 Å². The Morgan fingerprint density at radius 1 is 1.00 bits per heavy atom. The summed E-state index contributed by atoms with van der Waals surface area (Å²) in [7, 11) is 0. The molecule has 0 aromatic carbocycles. The van der Waals surface area contributed by atoms with E-state index in [1.54, 1.807) is 0 Å². The number of amides is 1. The van der Waals surface area contributed by atoms with Gasteiger partial charge in [-0.25, -0.2) is 0 Å². The number of carboxylic acids is 1. The average Bonchev–Trinajstić information content (AvgIpc) is 2.99. The molecule has 1 N–H and O–H groups in total. The molecule has 3 rings (SSSR count). The number of carbonyl (C=O) groups excluding carboxylic acids is 1. The fourth-order valence-electron chi connectivity index (χ4n) is 3.82. The molecule has 4 nitrogen and oxygen atoms in total. The number of aliphatic carboxylic acids is 1. The Hall–Kier alpha value is -1.32. The minimum absolute atomic E-state index is 0.0752. The molecule has 1 aliphatic heterocycles. The molecule has 1 saturated heterocycles. The number of allylic oxidation sites excluding steroid dienone is 2. The highest BCUT2D eigenvalue weighted by Crippen LogP contribution is 2.48. The Morgan fingerprint density at radius 2 is 1.61 bits per heavy atom. The van der Waals surface area contributed by atoms with E-state index in [1.165, 1.54) is 6.42 Å². The monoisotopic (exact) mass is 249 g/mol. The van der Waals surface area contributed by atoms with E-state index in [1.807, 2.05) is 11.0 Å². The molecule has 0 aromatic heterocycles. The maximum absolute atomic E-state index is 12.5. The number of piperidine rings is 1. The van der Waals surface area contributed by atoms with Crippen molar-refractivity contribution in [3.8, 4) is 0 Å². The molecular formula is C14H19NO3. The first kappa shape index (κ1) is 11.8. The summed E-state index contributed by atoms with van der Waals surface area (Å²) in [5.74, 6) is -1.29. The first-order valence-corrected chi connectivity index (χ1v) is 6.88. The predicted octanol–water partition coefficient (Wildman–Crippen LogP) is 1.52. The highest BCUT2D eigenvalue weighted by Gasteiger charge is 2.52. The van der Waals surface area contributed by atoms with Crippen molar-refractivity contribution < 1.29 is 14.7 Å². The molecule has 0 aromatic rings. The molecule has 1 heterocycles. The molecule has 0 radical (unpaired) electrons. The van der Waals surface area contributed by atoms with Gasteiger partial charge >= 0.3 is 5.97 Å². The summed E-state index contributed by atoms with van der Waals surface area (Å²) in [6, 6.07) is 0. The molecule has 0 unspecified atom stereocenters. The van der Waals surface area contributed by atoms with Crippen LogP contribution in [-0.2, 0) is 9.59 Å². The Kier molecular flexibility index (Phi) is 2.88. The molecule has 18 heavy (non-hydrogen) atoms. The molecule has 3 aliphatic rings. The normalized spacial score (nSPS) is 38.1. The van der Waals surface area contributed by atoms with Crippen LogP contribution in [0.1, 0.15) is 25.7 Å². The van der Waals surface area contributed by atoms with Gasteiger partial charge in [0.1, 0.15) is 0 Å². The lowest BCUT2D eigenvalue weighted by molar-refractivity contribution is -0.151. The van der Waals surface area contributed by atoms with Crippen molar-refractivity contribution in [2.24, 2.45) is 23.7 Å². The van der Waals surface area contributed by atoms with Gasteiger partial charge in [-0.1, -0.05) is 12.2 Å². The SMILES string of the molecule is O=C(O)[C@H]1[C@H](C(=O)N2CCCCC2)[C@H]2C=C[C@@H]1C2. The van der Waals surface area contributed by atoms with Gasteiger partial charge in [0.25, 0.3) is 0 Å². The van der Waals surface area contributed by atoms with Crippen LogP contribution in [0.25, 0.3) is 0 Å². The lowest BCUT2D eigenvalue weighted by Gasteiger charge is -2.33. The molecule has 2 aliphatic carbocycles. The number of likely N-dealkylation sites (tertiary alicyclic amines) is 1. The van der Waals surface area contributed by atoms with Gasteiger partial charge in [0.05, 0.1) is 11.8 Å². The minimum Gasteiger partial charge on any atom is -0.481 e. The summed E-state index contributed by atoms with van der Waals surface area (Å²) < 4.78 is 0. The molecule has 1 saturated carbocycles. The van der Waals surface area contributed by atoms with Crippen molar-refractivity contribution in [2.75, 3.05) is 13.1 Å². The zero-order valence-electron chi connectivity index (χ0n) is 10.4. The van der Waals surface area contributed by atoms with Crippen LogP contribution in [0.3, 0.4) is 0 Å². The standard InChI is InChI=1S/C14H19NO3/c16-13(15-6-2-1-3-7-15)11-9-4-5-10(8-9)12(11)14(17)18/h4-5,9-12H,1-3,6-8H2,(H,17,18)/t9-,10+,11+,12+/m0/s1. The van der Waals surface area contributed by atoms with Crippen LogP contribution < -0.4 is 0 Å². The van der Waals surface area contributed by atoms with Gasteiger partial charge in [0.15, 0.2) is 0 Å². The number of carbonyl (C=O) groups is 2. The van der Waals surface area contributed by atoms with Crippen LogP contribution >= 0.6 is 0 Å². The quantitative estimate of drug-likeness (QED) is 0.755. The first-order chi connectivity index (χ1) is 8.68. The van der Waals surface area contributed by atoms with Crippen LogP contribution in [-0.4, -0.2) is 35.0 Å². The van der Waals surface area contributed by atoms with Crippen molar-refractivity contribution in [2.45, 2.75) is 25.7 Å². The number of fused-ring (bicyclic) bond motifs is 2. The van der Waals surface area contributed by atoms with Crippen molar-refractivity contribution in [3.05, 3.63) is 12.2 Å². The molecular weight excluding hydrogens is 230 g/mol. The molecule has 4 atom stereocenters. The highest BCUT2D eigenvalue weighted by molar-refractivity contribution is 5.87.